The normalized spacial score (nSPS) is 8.80. The summed E-state index contributed by atoms with van der Waals surface area (Å²) in [6, 6.07) is 7.49. The summed E-state index contributed by atoms with van der Waals surface area (Å²) in [7, 11) is 0. The molecule has 2 heterocycles. The minimum atomic E-state index is 0. The molecule has 0 saturated heterocycles. The molecule has 0 aliphatic rings. The summed E-state index contributed by atoms with van der Waals surface area (Å²) in [6.45, 7) is 0.395. The number of halogens is 2. The van der Waals surface area contributed by atoms with Crippen molar-refractivity contribution in [2.24, 2.45) is 5.73 Å². The molecule has 0 aliphatic heterocycles. The maximum Gasteiger partial charge on any atom is 0.138 e. The van der Waals surface area contributed by atoms with Crippen molar-refractivity contribution >= 4 is 30.5 Å². The molecule has 15 heavy (non-hydrogen) atoms. The van der Waals surface area contributed by atoms with E-state index in [1.165, 1.54) is 0 Å². The molecule has 2 aromatic heterocycles. The SMILES string of the molecule is Cl.Cl.N#Cc1cccc2nc(CN)cn12. The number of rotatable bonds is 1. The molecule has 0 atom stereocenters. The summed E-state index contributed by atoms with van der Waals surface area (Å²) < 4.78 is 1.74. The smallest absolute Gasteiger partial charge is 0.138 e. The third-order valence-corrected chi connectivity index (χ3v) is 1.87. The minimum Gasteiger partial charge on any atom is -0.325 e. The molecule has 2 rings (SSSR count). The van der Waals surface area contributed by atoms with Crippen LogP contribution in [0.1, 0.15) is 11.4 Å². The maximum absolute atomic E-state index is 8.79. The molecule has 0 aliphatic carbocycles. The lowest BCUT2D eigenvalue weighted by molar-refractivity contribution is 1.01. The summed E-state index contributed by atoms with van der Waals surface area (Å²) in [5, 5.41) is 8.79. The molecular weight excluding hydrogens is 235 g/mol. The summed E-state index contributed by atoms with van der Waals surface area (Å²) >= 11 is 0. The van der Waals surface area contributed by atoms with E-state index in [9.17, 15) is 0 Å². The number of hydrogen-bond acceptors (Lipinski definition) is 3. The van der Waals surface area contributed by atoms with Crippen molar-refractivity contribution in [3.8, 4) is 6.07 Å². The van der Waals surface area contributed by atoms with Crippen molar-refractivity contribution in [1.29, 1.82) is 5.26 Å². The fourth-order valence-corrected chi connectivity index (χ4v) is 1.25. The van der Waals surface area contributed by atoms with Gasteiger partial charge < -0.3 is 5.73 Å². The molecule has 80 valence electrons. The Kier molecular flexibility index (Phi) is 5.09. The number of fused-ring (bicyclic) bond motifs is 1. The Morgan fingerprint density at radius 2 is 2.13 bits per heavy atom. The molecule has 0 fully saturated rings. The quantitative estimate of drug-likeness (QED) is 0.827. The van der Waals surface area contributed by atoms with Crippen molar-refractivity contribution in [3.63, 3.8) is 0 Å². The van der Waals surface area contributed by atoms with Crippen molar-refractivity contribution in [2.45, 2.75) is 6.54 Å². The van der Waals surface area contributed by atoms with E-state index in [2.05, 4.69) is 11.1 Å². The second kappa shape index (κ2) is 5.56. The number of aromatic nitrogens is 2. The van der Waals surface area contributed by atoms with Crippen molar-refractivity contribution in [1.82, 2.24) is 9.38 Å². The standard InChI is InChI=1S/C9H8N4.2ClH/c10-4-7-6-13-8(5-11)2-1-3-9(13)12-7;;/h1-3,6H,4,10H2;2*1H. The van der Waals surface area contributed by atoms with Gasteiger partial charge in [0.15, 0.2) is 0 Å². The highest BCUT2D eigenvalue weighted by molar-refractivity contribution is 5.85. The Morgan fingerprint density at radius 1 is 1.40 bits per heavy atom. The highest BCUT2D eigenvalue weighted by Gasteiger charge is 2.02. The van der Waals surface area contributed by atoms with Gasteiger partial charge in [-0.1, -0.05) is 6.07 Å². The first-order valence-electron chi connectivity index (χ1n) is 3.92. The lowest BCUT2D eigenvalue weighted by Crippen LogP contribution is -1.95. The van der Waals surface area contributed by atoms with Gasteiger partial charge in [0.1, 0.15) is 17.4 Å². The van der Waals surface area contributed by atoms with Crippen LogP contribution in [0.5, 0.6) is 0 Å². The van der Waals surface area contributed by atoms with Crippen LogP contribution in [0.4, 0.5) is 0 Å². The molecule has 0 bridgehead atoms. The molecule has 6 heteroatoms. The number of nitrogens with zero attached hydrogens (tertiary/aromatic N) is 3. The summed E-state index contributed by atoms with van der Waals surface area (Å²) in [4.78, 5) is 4.23. The monoisotopic (exact) mass is 244 g/mol. The largest absolute Gasteiger partial charge is 0.325 e. The predicted molar refractivity (Wildman–Crippen MR) is 62.3 cm³/mol. The van der Waals surface area contributed by atoms with E-state index in [-0.39, 0.29) is 24.8 Å². The molecule has 4 nitrogen and oxygen atoms in total. The Morgan fingerprint density at radius 3 is 2.73 bits per heavy atom. The lowest BCUT2D eigenvalue weighted by atomic mass is 10.3. The van der Waals surface area contributed by atoms with Crippen LogP contribution in [0.15, 0.2) is 24.4 Å². The average Bonchev–Trinajstić information content (AvgIpc) is 2.59. The molecule has 0 radical (unpaired) electrons. The third-order valence-electron chi connectivity index (χ3n) is 1.87. The van der Waals surface area contributed by atoms with Gasteiger partial charge in [0.05, 0.1) is 5.69 Å². The van der Waals surface area contributed by atoms with E-state index < -0.39 is 0 Å². The zero-order chi connectivity index (χ0) is 9.26. The summed E-state index contributed by atoms with van der Waals surface area (Å²) in [5.41, 5.74) is 7.58. The van der Waals surface area contributed by atoms with E-state index in [1.54, 1.807) is 22.7 Å². The van der Waals surface area contributed by atoms with Gasteiger partial charge in [-0.05, 0) is 12.1 Å². The molecule has 0 aromatic carbocycles. The number of nitriles is 1. The van der Waals surface area contributed by atoms with Gasteiger partial charge in [0.2, 0.25) is 0 Å². The predicted octanol–water partition coefficient (Wildman–Crippen LogP) is 1.51. The zero-order valence-electron chi connectivity index (χ0n) is 7.75. The van der Waals surface area contributed by atoms with Crippen molar-refractivity contribution in [3.05, 3.63) is 35.8 Å². The fraction of sp³-hybridized carbons (Fsp3) is 0.111. The van der Waals surface area contributed by atoms with Crippen LogP contribution in [0.3, 0.4) is 0 Å². The van der Waals surface area contributed by atoms with Crippen LogP contribution in [0.25, 0.3) is 5.65 Å². The topological polar surface area (TPSA) is 67.1 Å². The van der Waals surface area contributed by atoms with Gasteiger partial charge in [-0.15, -0.1) is 24.8 Å². The number of pyridine rings is 1. The number of hydrogen-bond donors (Lipinski definition) is 1. The van der Waals surface area contributed by atoms with Gasteiger partial charge >= 0.3 is 0 Å². The Bertz CT molecular complexity index is 486. The van der Waals surface area contributed by atoms with Crippen LogP contribution in [-0.2, 0) is 6.54 Å². The molecule has 0 amide bonds. The molecule has 2 N–H and O–H groups in total. The summed E-state index contributed by atoms with van der Waals surface area (Å²) in [5.74, 6) is 0. The third kappa shape index (κ3) is 2.39. The first kappa shape index (κ1) is 13.7. The number of imidazole rings is 1. The van der Waals surface area contributed by atoms with Crippen LogP contribution < -0.4 is 5.73 Å². The number of nitrogens with two attached hydrogens (primary N) is 1. The highest BCUT2D eigenvalue weighted by atomic mass is 35.5. The first-order valence-corrected chi connectivity index (χ1v) is 3.92. The molecular formula is C9H10Cl2N4. The highest BCUT2D eigenvalue weighted by Crippen LogP contribution is 2.07. The maximum atomic E-state index is 8.79. The molecule has 2 aromatic rings. The Balaban J connectivity index is 0.000000980. The van der Waals surface area contributed by atoms with Crippen LogP contribution in [-0.4, -0.2) is 9.38 Å². The molecule has 0 saturated carbocycles. The van der Waals surface area contributed by atoms with Crippen molar-refractivity contribution in [2.75, 3.05) is 0 Å². The Labute approximate surface area is 99.5 Å². The van der Waals surface area contributed by atoms with Crippen LogP contribution in [0, 0.1) is 11.3 Å². The minimum absolute atomic E-state index is 0. The second-order valence-corrected chi connectivity index (χ2v) is 2.69. The molecule has 0 unspecified atom stereocenters. The first-order chi connectivity index (χ1) is 6.35. The lowest BCUT2D eigenvalue weighted by Gasteiger charge is -1.93. The van der Waals surface area contributed by atoms with E-state index in [4.69, 9.17) is 11.0 Å². The van der Waals surface area contributed by atoms with E-state index in [1.807, 2.05) is 6.07 Å². The van der Waals surface area contributed by atoms with E-state index >= 15 is 0 Å². The average molecular weight is 245 g/mol. The summed E-state index contributed by atoms with van der Waals surface area (Å²) in [6.07, 6.45) is 1.79. The fourth-order valence-electron chi connectivity index (χ4n) is 1.25. The van der Waals surface area contributed by atoms with Crippen LogP contribution in [0.2, 0.25) is 0 Å². The van der Waals surface area contributed by atoms with E-state index in [0.717, 1.165) is 11.3 Å². The second-order valence-electron chi connectivity index (χ2n) is 2.69. The van der Waals surface area contributed by atoms with E-state index in [0.29, 0.717) is 12.2 Å². The van der Waals surface area contributed by atoms with Gasteiger partial charge in [-0.25, -0.2) is 4.98 Å². The zero-order valence-corrected chi connectivity index (χ0v) is 9.38. The Hall–Kier alpha value is -1.28. The van der Waals surface area contributed by atoms with Gasteiger partial charge in [-0.3, -0.25) is 4.40 Å². The van der Waals surface area contributed by atoms with Gasteiger partial charge in [0.25, 0.3) is 0 Å². The van der Waals surface area contributed by atoms with Gasteiger partial charge in [0, 0.05) is 12.7 Å². The van der Waals surface area contributed by atoms with Crippen molar-refractivity contribution < 1.29 is 0 Å². The van der Waals surface area contributed by atoms with Crippen LogP contribution >= 0.6 is 24.8 Å². The van der Waals surface area contributed by atoms with Gasteiger partial charge in [-0.2, -0.15) is 5.26 Å². The molecule has 0 spiro atoms.